The van der Waals surface area contributed by atoms with Crippen molar-refractivity contribution in [3.8, 4) is 0 Å². The van der Waals surface area contributed by atoms with Crippen LogP contribution in [0, 0.1) is 11.6 Å². The molecule has 2 rings (SSSR count). The number of nitrogen functional groups attached to an aromatic ring is 1. The van der Waals surface area contributed by atoms with Crippen molar-refractivity contribution in [1.82, 2.24) is 0 Å². The molecule has 2 aromatic carbocycles. The van der Waals surface area contributed by atoms with Crippen molar-refractivity contribution in [2.75, 3.05) is 16.4 Å². The molecular formula is C13H11F2N3O. The first-order valence-electron chi connectivity index (χ1n) is 5.42. The zero-order chi connectivity index (χ0) is 13.8. The molecule has 0 aliphatic heterocycles. The molecule has 2 amide bonds. The van der Waals surface area contributed by atoms with Crippen molar-refractivity contribution in [1.29, 1.82) is 0 Å². The zero-order valence-electron chi connectivity index (χ0n) is 9.78. The number of hydrogen-bond donors (Lipinski definition) is 3. The maximum Gasteiger partial charge on any atom is 0.323 e. The van der Waals surface area contributed by atoms with E-state index in [4.69, 9.17) is 5.73 Å². The van der Waals surface area contributed by atoms with Crippen molar-refractivity contribution in [2.24, 2.45) is 0 Å². The summed E-state index contributed by atoms with van der Waals surface area (Å²) >= 11 is 0. The second kappa shape index (κ2) is 5.34. The molecule has 0 aliphatic carbocycles. The summed E-state index contributed by atoms with van der Waals surface area (Å²) in [4.78, 5) is 11.6. The normalized spacial score (nSPS) is 10.0. The largest absolute Gasteiger partial charge is 0.399 e. The van der Waals surface area contributed by atoms with Crippen LogP contribution in [0.25, 0.3) is 0 Å². The van der Waals surface area contributed by atoms with Gasteiger partial charge in [0, 0.05) is 17.1 Å². The third kappa shape index (κ3) is 3.67. The molecule has 98 valence electrons. The van der Waals surface area contributed by atoms with Crippen LogP contribution in [-0.2, 0) is 0 Å². The molecule has 0 aliphatic rings. The molecule has 4 N–H and O–H groups in total. The number of anilines is 3. The third-order valence-electron chi connectivity index (χ3n) is 2.28. The van der Waals surface area contributed by atoms with E-state index < -0.39 is 17.7 Å². The summed E-state index contributed by atoms with van der Waals surface area (Å²) in [7, 11) is 0. The van der Waals surface area contributed by atoms with Crippen LogP contribution < -0.4 is 16.4 Å². The molecular weight excluding hydrogens is 252 g/mol. The minimum atomic E-state index is -0.573. The van der Waals surface area contributed by atoms with Gasteiger partial charge in [-0.25, -0.2) is 13.6 Å². The first kappa shape index (κ1) is 12.8. The quantitative estimate of drug-likeness (QED) is 0.728. The van der Waals surface area contributed by atoms with E-state index in [1.165, 1.54) is 30.3 Å². The highest BCUT2D eigenvalue weighted by atomic mass is 19.1. The van der Waals surface area contributed by atoms with Gasteiger partial charge >= 0.3 is 6.03 Å². The Bertz CT molecular complexity index is 579. The first-order valence-corrected chi connectivity index (χ1v) is 5.42. The number of hydrogen-bond acceptors (Lipinski definition) is 2. The predicted octanol–water partition coefficient (Wildman–Crippen LogP) is 3.19. The van der Waals surface area contributed by atoms with Crippen LogP contribution in [0.2, 0.25) is 0 Å². The molecule has 0 aromatic heterocycles. The van der Waals surface area contributed by atoms with Crippen LogP contribution in [0.4, 0.5) is 30.6 Å². The number of amides is 2. The van der Waals surface area contributed by atoms with Crippen molar-refractivity contribution < 1.29 is 13.6 Å². The molecule has 0 fully saturated rings. The Balaban J connectivity index is 2.03. The number of halogens is 2. The number of benzene rings is 2. The van der Waals surface area contributed by atoms with Gasteiger partial charge in [-0.1, -0.05) is 0 Å². The van der Waals surface area contributed by atoms with Crippen molar-refractivity contribution in [3.63, 3.8) is 0 Å². The second-order valence-electron chi connectivity index (χ2n) is 3.86. The third-order valence-corrected chi connectivity index (χ3v) is 2.28. The molecule has 0 saturated carbocycles. The SMILES string of the molecule is Nc1cc(F)cc(NC(=O)Nc2ccc(F)cc2)c1. The summed E-state index contributed by atoms with van der Waals surface area (Å²) in [6.45, 7) is 0. The van der Waals surface area contributed by atoms with Crippen LogP contribution in [0.1, 0.15) is 0 Å². The smallest absolute Gasteiger partial charge is 0.323 e. The lowest BCUT2D eigenvalue weighted by Crippen LogP contribution is -2.19. The predicted molar refractivity (Wildman–Crippen MR) is 69.9 cm³/mol. The van der Waals surface area contributed by atoms with Crippen molar-refractivity contribution in [3.05, 3.63) is 54.1 Å². The lowest BCUT2D eigenvalue weighted by Gasteiger charge is -2.08. The number of nitrogens with two attached hydrogens (primary N) is 1. The van der Waals surface area contributed by atoms with Crippen LogP contribution in [-0.4, -0.2) is 6.03 Å². The van der Waals surface area contributed by atoms with Gasteiger partial charge in [-0.05, 0) is 42.5 Å². The fourth-order valence-corrected chi connectivity index (χ4v) is 1.51. The van der Waals surface area contributed by atoms with Crippen molar-refractivity contribution in [2.45, 2.75) is 0 Å². The molecule has 19 heavy (non-hydrogen) atoms. The maximum atomic E-state index is 13.1. The number of carbonyl (C=O) groups is 1. The fraction of sp³-hybridized carbons (Fsp3) is 0. The highest BCUT2D eigenvalue weighted by molar-refractivity contribution is 5.99. The van der Waals surface area contributed by atoms with Gasteiger partial charge in [-0.15, -0.1) is 0 Å². The van der Waals surface area contributed by atoms with Gasteiger partial charge in [0.15, 0.2) is 0 Å². The topological polar surface area (TPSA) is 67.1 Å². The Morgan fingerprint density at radius 1 is 0.895 bits per heavy atom. The highest BCUT2D eigenvalue weighted by Gasteiger charge is 2.04. The molecule has 0 atom stereocenters. The van der Waals surface area contributed by atoms with E-state index in [0.29, 0.717) is 5.69 Å². The van der Waals surface area contributed by atoms with Crippen LogP contribution in [0.15, 0.2) is 42.5 Å². The maximum absolute atomic E-state index is 13.1. The van der Waals surface area contributed by atoms with Crippen LogP contribution in [0.5, 0.6) is 0 Å². The van der Waals surface area contributed by atoms with E-state index >= 15 is 0 Å². The molecule has 0 bridgehead atoms. The second-order valence-corrected chi connectivity index (χ2v) is 3.86. The van der Waals surface area contributed by atoms with Gasteiger partial charge in [0.25, 0.3) is 0 Å². The van der Waals surface area contributed by atoms with E-state index in [0.717, 1.165) is 12.1 Å². The van der Waals surface area contributed by atoms with Crippen LogP contribution in [0.3, 0.4) is 0 Å². The van der Waals surface area contributed by atoms with Gasteiger partial charge in [-0.2, -0.15) is 0 Å². The van der Waals surface area contributed by atoms with E-state index in [2.05, 4.69) is 10.6 Å². The number of urea groups is 1. The summed E-state index contributed by atoms with van der Waals surface area (Å²) in [6, 6.07) is 8.39. The van der Waals surface area contributed by atoms with E-state index in [1.807, 2.05) is 0 Å². The Morgan fingerprint density at radius 2 is 1.53 bits per heavy atom. The molecule has 0 spiro atoms. The lowest BCUT2D eigenvalue weighted by atomic mass is 10.2. The Labute approximate surface area is 108 Å². The monoisotopic (exact) mass is 263 g/mol. The number of rotatable bonds is 2. The van der Waals surface area contributed by atoms with E-state index in [1.54, 1.807) is 0 Å². The van der Waals surface area contributed by atoms with E-state index in [-0.39, 0.29) is 11.4 Å². The lowest BCUT2D eigenvalue weighted by molar-refractivity contribution is 0.262. The van der Waals surface area contributed by atoms with Gasteiger partial charge in [0.05, 0.1) is 0 Å². The summed E-state index contributed by atoms with van der Waals surface area (Å²) < 4.78 is 25.7. The average molecular weight is 263 g/mol. The van der Waals surface area contributed by atoms with Crippen LogP contribution >= 0.6 is 0 Å². The number of carbonyl (C=O) groups excluding carboxylic acids is 1. The summed E-state index contributed by atoms with van der Waals surface area (Å²) in [5.41, 5.74) is 6.31. The molecule has 2 aromatic rings. The molecule has 6 heteroatoms. The first-order chi connectivity index (χ1) is 9.02. The number of nitrogens with one attached hydrogen (secondary N) is 2. The van der Waals surface area contributed by atoms with Gasteiger partial charge in [0.1, 0.15) is 11.6 Å². The minimum absolute atomic E-state index is 0.206. The Kier molecular flexibility index (Phi) is 3.61. The Hall–Kier alpha value is -2.63. The fourth-order valence-electron chi connectivity index (χ4n) is 1.51. The average Bonchev–Trinajstić information content (AvgIpc) is 2.30. The minimum Gasteiger partial charge on any atom is -0.399 e. The zero-order valence-corrected chi connectivity index (χ0v) is 9.78. The van der Waals surface area contributed by atoms with Gasteiger partial charge in [-0.3, -0.25) is 0 Å². The van der Waals surface area contributed by atoms with E-state index in [9.17, 15) is 13.6 Å². The van der Waals surface area contributed by atoms with Gasteiger partial charge < -0.3 is 16.4 Å². The molecule has 4 nitrogen and oxygen atoms in total. The molecule has 0 unspecified atom stereocenters. The molecule has 0 radical (unpaired) electrons. The molecule has 0 heterocycles. The summed E-state index contributed by atoms with van der Waals surface area (Å²) in [5, 5.41) is 4.90. The van der Waals surface area contributed by atoms with Crippen molar-refractivity contribution >= 4 is 23.1 Å². The molecule has 0 saturated heterocycles. The standard InChI is InChI=1S/C13H11F2N3O/c14-8-1-3-11(4-2-8)17-13(19)18-12-6-9(15)5-10(16)7-12/h1-7H,16H2,(H2,17,18,19). The highest BCUT2D eigenvalue weighted by Crippen LogP contribution is 2.16. The summed E-state index contributed by atoms with van der Waals surface area (Å²) in [5.74, 6) is -0.944. The van der Waals surface area contributed by atoms with Gasteiger partial charge in [0.2, 0.25) is 0 Å². The Morgan fingerprint density at radius 3 is 2.16 bits per heavy atom. The summed E-state index contributed by atoms with van der Waals surface area (Å²) in [6.07, 6.45) is 0.